The Bertz CT molecular complexity index is 951. The Kier molecular flexibility index (Phi) is 5.63. The van der Waals surface area contributed by atoms with Crippen LogP contribution < -0.4 is 5.32 Å². The Balaban J connectivity index is 1.62. The largest absolute Gasteiger partial charge is 0.455 e. The number of furan rings is 1. The Morgan fingerprint density at radius 3 is 2.58 bits per heavy atom. The third-order valence-electron chi connectivity index (χ3n) is 3.89. The van der Waals surface area contributed by atoms with E-state index in [0.717, 1.165) is 10.5 Å². The summed E-state index contributed by atoms with van der Waals surface area (Å²) in [7, 11) is -1.26. The molecule has 0 unspecified atom stereocenters. The summed E-state index contributed by atoms with van der Waals surface area (Å²) in [5, 5.41) is 2.61. The minimum Gasteiger partial charge on any atom is -0.455 e. The van der Waals surface area contributed by atoms with Crippen molar-refractivity contribution in [3.05, 3.63) is 89.1 Å². The monoisotopic (exact) mass is 371 g/mol. The maximum absolute atomic E-state index is 13.6. The van der Waals surface area contributed by atoms with Gasteiger partial charge in [-0.15, -0.1) is 0 Å². The van der Waals surface area contributed by atoms with Crippen LogP contribution in [0.1, 0.15) is 27.4 Å². The maximum atomic E-state index is 13.6. The summed E-state index contributed by atoms with van der Waals surface area (Å²) in [4.78, 5) is 12.9. The summed E-state index contributed by atoms with van der Waals surface area (Å²) in [6.45, 7) is 1.97. The Morgan fingerprint density at radius 2 is 1.81 bits per heavy atom. The molecule has 1 heterocycles. The van der Waals surface area contributed by atoms with Gasteiger partial charge in [0.15, 0.2) is 5.76 Å². The van der Waals surface area contributed by atoms with Gasteiger partial charge in [0.2, 0.25) is 0 Å². The first kappa shape index (κ1) is 18.1. The van der Waals surface area contributed by atoms with Crippen LogP contribution in [0.25, 0.3) is 0 Å². The molecule has 134 valence electrons. The molecule has 3 aromatic rings. The highest BCUT2D eigenvalue weighted by molar-refractivity contribution is 7.84. The molecule has 1 amide bonds. The minimum atomic E-state index is -1.26. The number of hydrogen-bond donors (Lipinski definition) is 1. The van der Waals surface area contributed by atoms with E-state index in [9.17, 15) is 13.4 Å². The molecule has 0 aliphatic heterocycles. The lowest BCUT2D eigenvalue weighted by Crippen LogP contribution is -2.22. The van der Waals surface area contributed by atoms with Crippen molar-refractivity contribution in [3.63, 3.8) is 0 Å². The molecule has 4 nitrogen and oxygen atoms in total. The fraction of sp³-hybridized carbons (Fsp3) is 0.150. The topological polar surface area (TPSA) is 59.3 Å². The maximum Gasteiger partial charge on any atom is 0.287 e. The van der Waals surface area contributed by atoms with E-state index < -0.39 is 16.7 Å². The molecule has 1 atom stereocenters. The number of carbonyl (C=O) groups excluding carboxylic acids is 1. The van der Waals surface area contributed by atoms with Crippen molar-refractivity contribution in [1.82, 2.24) is 5.32 Å². The first-order valence-electron chi connectivity index (χ1n) is 8.09. The number of nitrogens with one attached hydrogen (secondary N) is 1. The molecule has 0 aliphatic carbocycles. The van der Waals surface area contributed by atoms with Gasteiger partial charge < -0.3 is 9.73 Å². The first-order valence-corrected chi connectivity index (χ1v) is 9.41. The van der Waals surface area contributed by atoms with Gasteiger partial charge in [-0.3, -0.25) is 9.00 Å². The molecule has 0 aliphatic rings. The minimum absolute atomic E-state index is 0.0662. The lowest BCUT2D eigenvalue weighted by Gasteiger charge is -2.05. The van der Waals surface area contributed by atoms with Crippen LogP contribution in [-0.2, 0) is 23.1 Å². The zero-order valence-electron chi connectivity index (χ0n) is 14.2. The summed E-state index contributed by atoms with van der Waals surface area (Å²) >= 11 is 0. The Morgan fingerprint density at radius 1 is 1.08 bits per heavy atom. The predicted octanol–water partition coefficient (Wildman–Crippen LogP) is 3.96. The molecule has 1 N–H and O–H groups in total. The van der Waals surface area contributed by atoms with Crippen LogP contribution in [0.4, 0.5) is 4.39 Å². The Labute approximate surface area is 153 Å². The van der Waals surface area contributed by atoms with Gasteiger partial charge in [-0.2, -0.15) is 0 Å². The summed E-state index contributed by atoms with van der Waals surface area (Å²) in [6, 6.07) is 16.8. The number of aryl methyl sites for hydroxylation is 1. The quantitative estimate of drug-likeness (QED) is 0.713. The molecule has 0 radical (unpaired) electrons. The van der Waals surface area contributed by atoms with Crippen LogP contribution in [0.15, 0.2) is 70.0 Å². The molecular weight excluding hydrogens is 353 g/mol. The number of hydrogen-bond acceptors (Lipinski definition) is 3. The molecule has 0 bridgehead atoms. The van der Waals surface area contributed by atoms with E-state index in [4.69, 9.17) is 4.42 Å². The second-order valence-corrected chi connectivity index (χ2v) is 7.21. The van der Waals surface area contributed by atoms with Gasteiger partial charge in [-0.05, 0) is 36.8 Å². The third-order valence-corrected chi connectivity index (χ3v) is 5.39. The molecule has 1 aromatic heterocycles. The average molecular weight is 371 g/mol. The van der Waals surface area contributed by atoms with Crippen molar-refractivity contribution < 1.29 is 17.8 Å². The summed E-state index contributed by atoms with van der Waals surface area (Å²) in [5.41, 5.74) is 1.34. The highest BCUT2D eigenvalue weighted by Gasteiger charge is 2.15. The van der Waals surface area contributed by atoms with E-state index >= 15 is 0 Å². The number of amides is 1. The lowest BCUT2D eigenvalue weighted by atomic mass is 10.2. The third kappa shape index (κ3) is 4.26. The zero-order valence-corrected chi connectivity index (χ0v) is 15.0. The van der Waals surface area contributed by atoms with Crippen molar-refractivity contribution in [3.8, 4) is 0 Å². The van der Waals surface area contributed by atoms with Gasteiger partial charge in [0.1, 0.15) is 11.6 Å². The number of carbonyl (C=O) groups is 1. The molecule has 0 saturated carbocycles. The number of halogens is 1. The van der Waals surface area contributed by atoms with E-state index in [1.54, 1.807) is 24.3 Å². The molecule has 0 spiro atoms. The van der Waals surface area contributed by atoms with Gasteiger partial charge in [-0.25, -0.2) is 4.39 Å². The van der Waals surface area contributed by atoms with Gasteiger partial charge >= 0.3 is 0 Å². The van der Waals surface area contributed by atoms with E-state index in [1.807, 2.05) is 31.2 Å². The van der Waals surface area contributed by atoms with E-state index in [-0.39, 0.29) is 23.9 Å². The van der Waals surface area contributed by atoms with Crippen molar-refractivity contribution in [2.24, 2.45) is 0 Å². The molecule has 26 heavy (non-hydrogen) atoms. The highest BCUT2D eigenvalue weighted by atomic mass is 32.2. The SMILES string of the molecule is Cc1ccccc1[S@](=O)Cc1ccc(C(=O)NCc2ccccc2F)o1. The zero-order chi connectivity index (χ0) is 18.5. The van der Waals surface area contributed by atoms with Gasteiger partial charge in [0.25, 0.3) is 5.91 Å². The summed E-state index contributed by atoms with van der Waals surface area (Å²) in [6.07, 6.45) is 0. The fourth-order valence-corrected chi connectivity index (χ4v) is 3.73. The van der Waals surface area contributed by atoms with Crippen molar-refractivity contribution in [2.75, 3.05) is 0 Å². The standard InChI is InChI=1S/C20H18FNO3S/c1-14-6-2-5-9-19(14)26(24)13-16-10-11-18(25-16)20(23)22-12-15-7-3-4-8-17(15)21/h2-11H,12-13H2,1H3,(H,22,23)/t26-/m1/s1. The molecule has 0 saturated heterocycles. The lowest BCUT2D eigenvalue weighted by molar-refractivity contribution is 0.0921. The van der Waals surface area contributed by atoms with Gasteiger partial charge in [0.05, 0.1) is 16.6 Å². The van der Waals surface area contributed by atoms with Gasteiger partial charge in [-0.1, -0.05) is 36.4 Å². The van der Waals surface area contributed by atoms with E-state index in [2.05, 4.69) is 5.32 Å². The smallest absolute Gasteiger partial charge is 0.287 e. The van der Waals surface area contributed by atoms with Crippen LogP contribution in [0.2, 0.25) is 0 Å². The van der Waals surface area contributed by atoms with E-state index in [0.29, 0.717) is 11.3 Å². The van der Waals surface area contributed by atoms with Crippen molar-refractivity contribution >= 4 is 16.7 Å². The molecule has 6 heteroatoms. The number of benzene rings is 2. The second kappa shape index (κ2) is 8.10. The van der Waals surface area contributed by atoms with E-state index in [1.165, 1.54) is 12.1 Å². The van der Waals surface area contributed by atoms with Crippen LogP contribution in [0.3, 0.4) is 0 Å². The van der Waals surface area contributed by atoms with Crippen molar-refractivity contribution in [2.45, 2.75) is 24.1 Å². The van der Waals surface area contributed by atoms with Crippen LogP contribution >= 0.6 is 0 Å². The molecular formula is C20H18FNO3S. The first-order chi connectivity index (χ1) is 12.5. The Hall–Kier alpha value is -2.73. The second-order valence-electron chi connectivity index (χ2n) is 5.80. The molecule has 2 aromatic carbocycles. The molecule has 0 fully saturated rings. The molecule has 3 rings (SSSR count). The van der Waals surface area contributed by atoms with Crippen LogP contribution in [-0.4, -0.2) is 10.1 Å². The average Bonchev–Trinajstić information content (AvgIpc) is 3.09. The highest BCUT2D eigenvalue weighted by Crippen LogP contribution is 2.18. The fourth-order valence-electron chi connectivity index (χ4n) is 2.50. The van der Waals surface area contributed by atoms with Crippen LogP contribution in [0.5, 0.6) is 0 Å². The van der Waals surface area contributed by atoms with Crippen LogP contribution in [0, 0.1) is 12.7 Å². The predicted molar refractivity (Wildman–Crippen MR) is 97.6 cm³/mol. The van der Waals surface area contributed by atoms with Crippen molar-refractivity contribution in [1.29, 1.82) is 0 Å². The van der Waals surface area contributed by atoms with Gasteiger partial charge in [0, 0.05) is 17.0 Å². The normalized spacial score (nSPS) is 11.9. The summed E-state index contributed by atoms with van der Waals surface area (Å²) < 4.78 is 31.5. The number of rotatable bonds is 6. The summed E-state index contributed by atoms with van der Waals surface area (Å²) in [5.74, 6) is -0.0608.